The molecule has 0 saturated heterocycles. The average Bonchev–Trinajstić information content (AvgIpc) is 2.76. The topological polar surface area (TPSA) is 52.0 Å². The Hall–Kier alpha value is -1.75. The van der Waals surface area contributed by atoms with E-state index in [1.54, 1.807) is 10.7 Å². The number of benzene rings is 1. The molecule has 0 spiro atoms. The van der Waals surface area contributed by atoms with Crippen LogP contribution < -0.4 is 10.1 Å². The van der Waals surface area contributed by atoms with Crippen molar-refractivity contribution < 1.29 is 4.74 Å². The zero-order valence-electron chi connectivity index (χ0n) is 10.4. The SMILES string of the molecule is CCOc1ccc(Cl)cc1NCc1cn(C)nn1. The number of aromatic nitrogens is 3. The second-order valence-electron chi connectivity index (χ2n) is 3.81. The smallest absolute Gasteiger partial charge is 0.142 e. The zero-order valence-corrected chi connectivity index (χ0v) is 11.1. The normalized spacial score (nSPS) is 10.4. The van der Waals surface area contributed by atoms with Crippen molar-refractivity contribution in [2.45, 2.75) is 13.5 Å². The maximum absolute atomic E-state index is 5.98. The molecule has 1 heterocycles. The molecule has 0 saturated carbocycles. The third kappa shape index (κ3) is 3.13. The molecule has 0 fully saturated rings. The van der Waals surface area contributed by atoms with Crippen LogP contribution in [0, 0.1) is 0 Å². The van der Waals surface area contributed by atoms with Crippen LogP contribution in [-0.4, -0.2) is 21.6 Å². The largest absolute Gasteiger partial charge is 0.492 e. The van der Waals surface area contributed by atoms with Gasteiger partial charge in [-0.1, -0.05) is 16.8 Å². The highest BCUT2D eigenvalue weighted by atomic mass is 35.5. The maximum atomic E-state index is 5.98. The second kappa shape index (κ2) is 5.73. The van der Waals surface area contributed by atoms with E-state index in [0.29, 0.717) is 18.2 Å². The van der Waals surface area contributed by atoms with E-state index in [1.807, 2.05) is 32.3 Å². The Morgan fingerprint density at radius 1 is 1.44 bits per heavy atom. The first-order chi connectivity index (χ1) is 8.69. The van der Waals surface area contributed by atoms with Gasteiger partial charge in [-0.3, -0.25) is 4.68 Å². The number of nitrogens with zero attached hydrogens (tertiary/aromatic N) is 3. The van der Waals surface area contributed by atoms with Gasteiger partial charge in [0.05, 0.1) is 18.8 Å². The van der Waals surface area contributed by atoms with E-state index in [1.165, 1.54) is 0 Å². The van der Waals surface area contributed by atoms with E-state index in [0.717, 1.165) is 17.1 Å². The molecule has 2 rings (SSSR count). The third-order valence-corrected chi connectivity index (χ3v) is 2.59. The highest BCUT2D eigenvalue weighted by Crippen LogP contribution is 2.28. The minimum absolute atomic E-state index is 0.578. The van der Waals surface area contributed by atoms with E-state index in [4.69, 9.17) is 16.3 Å². The number of aryl methyl sites for hydroxylation is 1. The summed E-state index contributed by atoms with van der Waals surface area (Å²) in [5.74, 6) is 0.783. The molecule has 1 N–H and O–H groups in total. The van der Waals surface area contributed by atoms with Gasteiger partial charge in [-0.2, -0.15) is 0 Å². The first kappa shape index (κ1) is 12.7. The van der Waals surface area contributed by atoms with Gasteiger partial charge in [0.1, 0.15) is 11.4 Å². The van der Waals surface area contributed by atoms with Gasteiger partial charge >= 0.3 is 0 Å². The van der Waals surface area contributed by atoms with Gasteiger partial charge < -0.3 is 10.1 Å². The lowest BCUT2D eigenvalue weighted by Crippen LogP contribution is -2.03. The predicted molar refractivity (Wildman–Crippen MR) is 71.0 cm³/mol. The van der Waals surface area contributed by atoms with Gasteiger partial charge in [-0.15, -0.1) is 5.10 Å². The summed E-state index contributed by atoms with van der Waals surface area (Å²) in [5, 5.41) is 11.8. The Kier molecular flexibility index (Phi) is 4.04. The van der Waals surface area contributed by atoms with E-state index in [2.05, 4.69) is 15.6 Å². The van der Waals surface area contributed by atoms with Crippen LogP contribution in [0.1, 0.15) is 12.6 Å². The molecule has 0 bridgehead atoms. The van der Waals surface area contributed by atoms with Crippen LogP contribution in [0.15, 0.2) is 24.4 Å². The summed E-state index contributed by atoms with van der Waals surface area (Å²) < 4.78 is 7.19. The molecular weight excluding hydrogens is 252 g/mol. The van der Waals surface area contributed by atoms with Crippen LogP contribution in [0.25, 0.3) is 0 Å². The number of anilines is 1. The second-order valence-corrected chi connectivity index (χ2v) is 4.25. The quantitative estimate of drug-likeness (QED) is 0.903. The molecule has 0 radical (unpaired) electrons. The summed E-state index contributed by atoms with van der Waals surface area (Å²) in [7, 11) is 1.83. The fourth-order valence-electron chi connectivity index (χ4n) is 1.58. The zero-order chi connectivity index (χ0) is 13.0. The average molecular weight is 267 g/mol. The van der Waals surface area contributed by atoms with Gasteiger partial charge in [0.15, 0.2) is 0 Å². The molecule has 5 nitrogen and oxygen atoms in total. The van der Waals surface area contributed by atoms with Gasteiger partial charge in [0, 0.05) is 18.3 Å². The summed E-state index contributed by atoms with van der Waals surface area (Å²) in [6, 6.07) is 5.49. The Morgan fingerprint density at radius 2 is 2.28 bits per heavy atom. The third-order valence-electron chi connectivity index (χ3n) is 2.35. The monoisotopic (exact) mass is 266 g/mol. The molecule has 1 aromatic heterocycles. The van der Waals surface area contributed by atoms with Crippen molar-refractivity contribution in [3.05, 3.63) is 35.1 Å². The van der Waals surface area contributed by atoms with Crippen molar-refractivity contribution in [2.24, 2.45) is 7.05 Å². The van der Waals surface area contributed by atoms with Gasteiger partial charge in [-0.05, 0) is 25.1 Å². The number of nitrogens with one attached hydrogen (secondary N) is 1. The molecule has 0 aliphatic rings. The molecule has 6 heteroatoms. The summed E-state index contributed by atoms with van der Waals surface area (Å²) >= 11 is 5.98. The molecule has 0 atom stereocenters. The first-order valence-electron chi connectivity index (χ1n) is 5.70. The lowest BCUT2D eigenvalue weighted by Gasteiger charge is -2.11. The van der Waals surface area contributed by atoms with E-state index < -0.39 is 0 Å². The molecular formula is C12H15ClN4O. The molecule has 0 unspecified atom stereocenters. The van der Waals surface area contributed by atoms with Gasteiger partial charge in [0.2, 0.25) is 0 Å². The van der Waals surface area contributed by atoms with Gasteiger partial charge in [-0.25, -0.2) is 0 Å². The molecule has 2 aromatic rings. The van der Waals surface area contributed by atoms with E-state index in [9.17, 15) is 0 Å². The van der Waals surface area contributed by atoms with Crippen molar-refractivity contribution in [3.8, 4) is 5.75 Å². The molecule has 0 amide bonds. The Labute approximate surface area is 111 Å². The number of ether oxygens (including phenoxy) is 1. The van der Waals surface area contributed by atoms with Crippen molar-refractivity contribution >= 4 is 17.3 Å². The predicted octanol–water partition coefficient (Wildman–Crippen LogP) is 2.48. The van der Waals surface area contributed by atoms with Crippen molar-refractivity contribution in [3.63, 3.8) is 0 Å². The summed E-state index contributed by atoms with van der Waals surface area (Å²) in [4.78, 5) is 0. The van der Waals surface area contributed by atoms with Crippen molar-refractivity contribution in [1.29, 1.82) is 0 Å². The van der Waals surface area contributed by atoms with Crippen LogP contribution in [0.4, 0.5) is 5.69 Å². The fourth-order valence-corrected chi connectivity index (χ4v) is 1.76. The molecule has 96 valence electrons. The van der Waals surface area contributed by atoms with Crippen LogP contribution in [0.5, 0.6) is 5.75 Å². The lowest BCUT2D eigenvalue weighted by molar-refractivity contribution is 0.341. The Balaban J connectivity index is 2.09. The molecule has 1 aromatic carbocycles. The summed E-state index contributed by atoms with van der Waals surface area (Å²) in [5.41, 5.74) is 1.72. The van der Waals surface area contributed by atoms with E-state index >= 15 is 0 Å². The first-order valence-corrected chi connectivity index (χ1v) is 6.08. The van der Waals surface area contributed by atoms with Crippen molar-refractivity contribution in [2.75, 3.05) is 11.9 Å². The van der Waals surface area contributed by atoms with Crippen LogP contribution in [-0.2, 0) is 13.6 Å². The van der Waals surface area contributed by atoms with Crippen LogP contribution in [0.2, 0.25) is 5.02 Å². The summed E-state index contributed by atoms with van der Waals surface area (Å²) in [6.45, 7) is 3.14. The lowest BCUT2D eigenvalue weighted by atomic mass is 10.3. The number of halogens is 1. The standard InChI is InChI=1S/C12H15ClN4O/c1-3-18-12-5-4-9(13)6-11(12)14-7-10-8-17(2)16-15-10/h4-6,8,14H,3,7H2,1-2H3. The maximum Gasteiger partial charge on any atom is 0.142 e. The summed E-state index contributed by atoms with van der Waals surface area (Å²) in [6.07, 6.45) is 1.86. The fraction of sp³-hybridized carbons (Fsp3) is 0.333. The van der Waals surface area contributed by atoms with Crippen LogP contribution in [0.3, 0.4) is 0 Å². The van der Waals surface area contributed by atoms with Crippen LogP contribution >= 0.6 is 11.6 Å². The van der Waals surface area contributed by atoms with E-state index in [-0.39, 0.29) is 0 Å². The molecule has 0 aliphatic heterocycles. The minimum atomic E-state index is 0.578. The Morgan fingerprint density at radius 3 is 2.94 bits per heavy atom. The minimum Gasteiger partial charge on any atom is -0.492 e. The number of hydrogen-bond donors (Lipinski definition) is 1. The molecule has 0 aliphatic carbocycles. The highest BCUT2D eigenvalue weighted by molar-refractivity contribution is 6.30. The van der Waals surface area contributed by atoms with Gasteiger partial charge in [0.25, 0.3) is 0 Å². The van der Waals surface area contributed by atoms with Crippen molar-refractivity contribution in [1.82, 2.24) is 15.0 Å². The number of hydrogen-bond acceptors (Lipinski definition) is 4. The molecule has 18 heavy (non-hydrogen) atoms. The highest BCUT2D eigenvalue weighted by Gasteiger charge is 2.05. The number of rotatable bonds is 5. The Bertz CT molecular complexity index is 527.